The molecule has 100 valence electrons. The van der Waals surface area contributed by atoms with Crippen LogP contribution in [-0.2, 0) is 6.54 Å². The van der Waals surface area contributed by atoms with E-state index < -0.39 is 0 Å². The van der Waals surface area contributed by atoms with Crippen molar-refractivity contribution < 1.29 is 9.53 Å². The summed E-state index contributed by atoms with van der Waals surface area (Å²) in [6.07, 6.45) is 0. The normalized spacial score (nSPS) is 10.0. The number of carbonyl (C=O) groups is 1. The molecular weight excluding hydrogens is 328 g/mol. The molecule has 1 heterocycles. The highest BCUT2D eigenvalue weighted by molar-refractivity contribution is 9.10. The molecule has 0 aliphatic rings. The van der Waals surface area contributed by atoms with Crippen molar-refractivity contribution in [1.29, 1.82) is 0 Å². The highest BCUT2D eigenvalue weighted by atomic mass is 79.9. The van der Waals surface area contributed by atoms with Crippen LogP contribution in [0.4, 0.5) is 10.5 Å². The zero-order valence-electron chi connectivity index (χ0n) is 10.3. The Morgan fingerprint density at radius 3 is 2.84 bits per heavy atom. The van der Waals surface area contributed by atoms with Gasteiger partial charge in [0, 0.05) is 9.35 Å². The first-order chi connectivity index (χ1) is 9.20. The minimum absolute atomic E-state index is 0.259. The lowest BCUT2D eigenvalue weighted by Crippen LogP contribution is -2.28. The third kappa shape index (κ3) is 3.71. The Kier molecular flexibility index (Phi) is 4.81. The summed E-state index contributed by atoms with van der Waals surface area (Å²) in [5, 5.41) is 7.53. The summed E-state index contributed by atoms with van der Waals surface area (Å²) in [5.74, 6) is 0.634. The van der Waals surface area contributed by atoms with E-state index in [9.17, 15) is 4.79 Å². The van der Waals surface area contributed by atoms with E-state index in [4.69, 9.17) is 4.74 Å². The molecule has 2 aromatic rings. The number of nitrogens with one attached hydrogen (secondary N) is 2. The Balaban J connectivity index is 1.93. The monoisotopic (exact) mass is 340 g/mol. The van der Waals surface area contributed by atoms with Gasteiger partial charge in [0.25, 0.3) is 0 Å². The van der Waals surface area contributed by atoms with Crippen molar-refractivity contribution in [3.63, 3.8) is 0 Å². The second kappa shape index (κ2) is 6.58. The standard InChI is InChI=1S/C13H13BrN2O2S/c1-18-11-5-3-2-4-10(11)16-13(17)15-8-12-9(14)6-7-19-12/h2-7H,8H2,1H3,(H2,15,16,17). The van der Waals surface area contributed by atoms with Gasteiger partial charge in [0.05, 0.1) is 19.3 Å². The van der Waals surface area contributed by atoms with E-state index in [-0.39, 0.29) is 6.03 Å². The summed E-state index contributed by atoms with van der Waals surface area (Å²) in [6.45, 7) is 0.485. The first-order valence-electron chi connectivity index (χ1n) is 5.60. The summed E-state index contributed by atoms with van der Waals surface area (Å²) in [6, 6.07) is 8.98. The molecule has 1 aromatic heterocycles. The van der Waals surface area contributed by atoms with E-state index in [1.165, 1.54) is 0 Å². The van der Waals surface area contributed by atoms with E-state index in [1.54, 1.807) is 30.6 Å². The predicted molar refractivity (Wildman–Crippen MR) is 80.9 cm³/mol. The second-order valence-corrected chi connectivity index (χ2v) is 5.55. The number of para-hydroxylation sites is 2. The van der Waals surface area contributed by atoms with Crippen molar-refractivity contribution in [2.24, 2.45) is 0 Å². The van der Waals surface area contributed by atoms with Crippen LogP contribution in [0.2, 0.25) is 0 Å². The summed E-state index contributed by atoms with van der Waals surface area (Å²) in [5.41, 5.74) is 0.646. The van der Waals surface area contributed by atoms with Crippen molar-refractivity contribution in [2.45, 2.75) is 6.54 Å². The topological polar surface area (TPSA) is 50.4 Å². The average Bonchev–Trinajstić information content (AvgIpc) is 2.82. The number of benzene rings is 1. The molecule has 0 radical (unpaired) electrons. The molecule has 0 unspecified atom stereocenters. The lowest BCUT2D eigenvalue weighted by atomic mass is 10.3. The van der Waals surface area contributed by atoms with Crippen molar-refractivity contribution in [2.75, 3.05) is 12.4 Å². The summed E-state index contributed by atoms with van der Waals surface area (Å²) >= 11 is 5.02. The van der Waals surface area contributed by atoms with Gasteiger partial charge in [0.15, 0.2) is 0 Å². The maximum Gasteiger partial charge on any atom is 0.319 e. The molecule has 0 saturated carbocycles. The van der Waals surface area contributed by atoms with Gasteiger partial charge in [-0.3, -0.25) is 0 Å². The number of urea groups is 1. The van der Waals surface area contributed by atoms with Crippen molar-refractivity contribution >= 4 is 39.0 Å². The van der Waals surface area contributed by atoms with Gasteiger partial charge >= 0.3 is 6.03 Å². The fourth-order valence-electron chi connectivity index (χ4n) is 1.53. The molecule has 6 heteroatoms. The Bertz CT molecular complexity index is 571. The van der Waals surface area contributed by atoms with Crippen LogP contribution >= 0.6 is 27.3 Å². The molecular formula is C13H13BrN2O2S. The fourth-order valence-corrected chi connectivity index (χ4v) is 2.96. The zero-order valence-corrected chi connectivity index (χ0v) is 12.7. The first kappa shape index (κ1) is 13.9. The minimum Gasteiger partial charge on any atom is -0.495 e. The van der Waals surface area contributed by atoms with Gasteiger partial charge in [-0.15, -0.1) is 11.3 Å². The van der Waals surface area contributed by atoms with Crippen LogP contribution in [0.25, 0.3) is 0 Å². The van der Waals surface area contributed by atoms with Crippen LogP contribution in [0.3, 0.4) is 0 Å². The van der Waals surface area contributed by atoms with E-state index in [0.29, 0.717) is 18.0 Å². The van der Waals surface area contributed by atoms with Crippen LogP contribution < -0.4 is 15.4 Å². The molecule has 2 rings (SSSR count). The smallest absolute Gasteiger partial charge is 0.319 e. The van der Waals surface area contributed by atoms with Crippen LogP contribution in [0.5, 0.6) is 5.75 Å². The molecule has 0 saturated heterocycles. The number of thiophene rings is 1. The fraction of sp³-hybridized carbons (Fsp3) is 0.154. The molecule has 0 aliphatic carbocycles. The number of anilines is 1. The minimum atomic E-state index is -0.259. The molecule has 19 heavy (non-hydrogen) atoms. The third-order valence-electron chi connectivity index (χ3n) is 2.46. The van der Waals surface area contributed by atoms with Crippen molar-refractivity contribution in [1.82, 2.24) is 5.32 Å². The number of carbonyl (C=O) groups excluding carboxylic acids is 1. The molecule has 0 spiro atoms. The maximum atomic E-state index is 11.8. The predicted octanol–water partition coefficient (Wildman–Crippen LogP) is 3.84. The SMILES string of the molecule is COc1ccccc1NC(=O)NCc1sccc1Br. The molecule has 2 N–H and O–H groups in total. The van der Waals surface area contributed by atoms with Gasteiger partial charge in [0.2, 0.25) is 0 Å². The molecule has 0 fully saturated rings. The Hall–Kier alpha value is -1.53. The molecule has 0 atom stereocenters. The van der Waals surface area contributed by atoms with Gasteiger partial charge in [0.1, 0.15) is 5.75 Å². The molecule has 2 amide bonds. The van der Waals surface area contributed by atoms with Gasteiger partial charge in [-0.05, 0) is 39.5 Å². The average molecular weight is 341 g/mol. The number of methoxy groups -OCH3 is 1. The van der Waals surface area contributed by atoms with Gasteiger partial charge in [-0.2, -0.15) is 0 Å². The molecule has 4 nitrogen and oxygen atoms in total. The number of ether oxygens (including phenoxy) is 1. The largest absolute Gasteiger partial charge is 0.495 e. The maximum absolute atomic E-state index is 11.8. The second-order valence-electron chi connectivity index (χ2n) is 3.70. The lowest BCUT2D eigenvalue weighted by molar-refractivity contribution is 0.251. The van der Waals surface area contributed by atoms with E-state index >= 15 is 0 Å². The molecule has 0 aliphatic heterocycles. The zero-order chi connectivity index (χ0) is 13.7. The van der Waals surface area contributed by atoms with E-state index in [1.807, 2.05) is 23.6 Å². The first-order valence-corrected chi connectivity index (χ1v) is 7.27. The van der Waals surface area contributed by atoms with E-state index in [0.717, 1.165) is 9.35 Å². The van der Waals surface area contributed by atoms with E-state index in [2.05, 4.69) is 26.6 Å². The molecule has 1 aromatic carbocycles. The van der Waals surface area contributed by atoms with Crippen LogP contribution in [-0.4, -0.2) is 13.1 Å². The lowest BCUT2D eigenvalue weighted by Gasteiger charge is -2.10. The summed E-state index contributed by atoms with van der Waals surface area (Å²) in [7, 11) is 1.57. The number of hydrogen-bond acceptors (Lipinski definition) is 3. The number of halogens is 1. The van der Waals surface area contributed by atoms with Crippen LogP contribution in [0, 0.1) is 0 Å². The Morgan fingerprint density at radius 2 is 2.16 bits per heavy atom. The van der Waals surface area contributed by atoms with Crippen molar-refractivity contribution in [3.8, 4) is 5.75 Å². The van der Waals surface area contributed by atoms with Crippen LogP contribution in [0.15, 0.2) is 40.2 Å². The van der Waals surface area contributed by atoms with Crippen LogP contribution in [0.1, 0.15) is 4.88 Å². The summed E-state index contributed by atoms with van der Waals surface area (Å²) in [4.78, 5) is 12.9. The van der Waals surface area contributed by atoms with Crippen molar-refractivity contribution in [3.05, 3.63) is 45.1 Å². The Morgan fingerprint density at radius 1 is 1.37 bits per heavy atom. The third-order valence-corrected chi connectivity index (χ3v) is 4.38. The van der Waals surface area contributed by atoms with Gasteiger partial charge in [-0.1, -0.05) is 12.1 Å². The Labute approximate surface area is 123 Å². The number of rotatable bonds is 4. The molecule has 0 bridgehead atoms. The van der Waals surface area contributed by atoms with Gasteiger partial charge in [-0.25, -0.2) is 4.79 Å². The summed E-state index contributed by atoms with van der Waals surface area (Å²) < 4.78 is 6.18. The quantitative estimate of drug-likeness (QED) is 0.888. The number of amides is 2. The van der Waals surface area contributed by atoms with Gasteiger partial charge < -0.3 is 15.4 Å². The number of hydrogen-bond donors (Lipinski definition) is 2. The highest BCUT2D eigenvalue weighted by Gasteiger charge is 2.07. The highest BCUT2D eigenvalue weighted by Crippen LogP contribution is 2.24.